The largest absolute Gasteiger partial charge is 0.478 e. The van der Waals surface area contributed by atoms with Crippen molar-refractivity contribution in [2.24, 2.45) is 0 Å². The van der Waals surface area contributed by atoms with Gasteiger partial charge in [0.05, 0.1) is 12.1 Å². The molecule has 3 rings (SSSR count). The van der Waals surface area contributed by atoms with Crippen molar-refractivity contribution in [3.8, 4) is 5.75 Å². The molecule has 1 aliphatic heterocycles. The molecule has 0 fully saturated rings. The number of hydrogen-bond acceptors (Lipinski definition) is 4. The van der Waals surface area contributed by atoms with Crippen LogP contribution in [0.15, 0.2) is 48.5 Å². The highest BCUT2D eigenvalue weighted by Crippen LogP contribution is 2.29. The summed E-state index contributed by atoms with van der Waals surface area (Å²) >= 11 is 0. The number of fused-ring (bicyclic) bond motifs is 1. The van der Waals surface area contributed by atoms with Crippen LogP contribution in [0.3, 0.4) is 0 Å². The predicted octanol–water partition coefficient (Wildman–Crippen LogP) is 2.62. The van der Waals surface area contributed by atoms with Crippen LogP contribution >= 0.6 is 0 Å². The van der Waals surface area contributed by atoms with Gasteiger partial charge in [0, 0.05) is 11.3 Å². The third-order valence-corrected chi connectivity index (χ3v) is 3.65. The van der Waals surface area contributed by atoms with Crippen LogP contribution in [-0.2, 0) is 9.59 Å². The molecule has 2 amide bonds. The molecule has 24 heavy (non-hydrogen) atoms. The van der Waals surface area contributed by atoms with Gasteiger partial charge in [-0.2, -0.15) is 0 Å². The molecule has 2 aromatic rings. The maximum absolute atomic E-state index is 12.1. The Balaban J connectivity index is 1.63. The third kappa shape index (κ3) is 3.43. The van der Waals surface area contributed by atoms with Gasteiger partial charge in [-0.05, 0) is 43.3 Å². The van der Waals surface area contributed by atoms with Crippen LogP contribution in [0.2, 0.25) is 0 Å². The van der Waals surface area contributed by atoms with E-state index in [1.807, 2.05) is 0 Å². The number of para-hydroxylation sites is 2. The van der Waals surface area contributed by atoms with Crippen molar-refractivity contribution in [2.45, 2.75) is 19.4 Å². The zero-order valence-corrected chi connectivity index (χ0v) is 13.0. The molecule has 0 radical (unpaired) electrons. The van der Waals surface area contributed by atoms with Gasteiger partial charge in [0.1, 0.15) is 5.75 Å². The summed E-state index contributed by atoms with van der Waals surface area (Å²) in [4.78, 5) is 35.4. The smallest absolute Gasteiger partial charge is 0.266 e. The summed E-state index contributed by atoms with van der Waals surface area (Å²) in [6.07, 6.45) is -0.981. The lowest BCUT2D eigenvalue weighted by Gasteiger charge is -2.25. The van der Waals surface area contributed by atoms with Crippen molar-refractivity contribution >= 4 is 29.0 Å². The minimum Gasteiger partial charge on any atom is -0.478 e. The lowest BCUT2D eigenvalue weighted by molar-refractivity contribution is -0.128. The quantitative estimate of drug-likeness (QED) is 0.847. The number of benzene rings is 2. The number of ether oxygens (including phenoxy) is 1. The first kappa shape index (κ1) is 15.7. The average Bonchev–Trinajstić information content (AvgIpc) is 2.56. The van der Waals surface area contributed by atoms with E-state index in [-0.39, 0.29) is 24.0 Å². The highest BCUT2D eigenvalue weighted by molar-refractivity contribution is 6.02. The number of amides is 2. The molecule has 0 aliphatic carbocycles. The van der Waals surface area contributed by atoms with Gasteiger partial charge in [-0.15, -0.1) is 0 Å². The number of Topliss-reactive ketones (excluding diaryl/α,β-unsaturated/α-hetero) is 1. The molecule has 2 N–H and O–H groups in total. The number of nitrogens with one attached hydrogen (secondary N) is 2. The molecule has 0 saturated heterocycles. The highest BCUT2D eigenvalue weighted by Gasteiger charge is 2.29. The minimum absolute atomic E-state index is 0.0428. The van der Waals surface area contributed by atoms with Crippen molar-refractivity contribution in [1.29, 1.82) is 0 Å². The van der Waals surface area contributed by atoms with E-state index in [4.69, 9.17) is 4.74 Å². The van der Waals surface area contributed by atoms with Crippen molar-refractivity contribution in [1.82, 2.24) is 0 Å². The fraction of sp³-hybridized carbons (Fsp3) is 0.167. The molecule has 1 atom stereocenters. The van der Waals surface area contributed by atoms with Crippen LogP contribution in [0, 0.1) is 0 Å². The summed E-state index contributed by atoms with van der Waals surface area (Å²) < 4.78 is 5.59. The summed E-state index contributed by atoms with van der Waals surface area (Å²) in [7, 11) is 0. The number of hydrogen-bond donors (Lipinski definition) is 2. The summed E-state index contributed by atoms with van der Waals surface area (Å²) in [5, 5.41) is 5.41. The van der Waals surface area contributed by atoms with Gasteiger partial charge >= 0.3 is 0 Å². The molecule has 0 aromatic heterocycles. The minimum atomic E-state index is -0.878. The van der Waals surface area contributed by atoms with Gasteiger partial charge < -0.3 is 15.4 Å². The first-order valence-corrected chi connectivity index (χ1v) is 7.50. The molecule has 0 spiro atoms. The van der Waals surface area contributed by atoms with Crippen molar-refractivity contribution in [2.75, 3.05) is 10.6 Å². The molecule has 2 aromatic carbocycles. The lowest BCUT2D eigenvalue weighted by atomic mass is 10.1. The van der Waals surface area contributed by atoms with Crippen LogP contribution in [0.5, 0.6) is 5.75 Å². The molecular weight excluding hydrogens is 308 g/mol. The van der Waals surface area contributed by atoms with Crippen molar-refractivity contribution in [3.05, 3.63) is 54.1 Å². The molecule has 1 unspecified atom stereocenters. The van der Waals surface area contributed by atoms with Gasteiger partial charge in [-0.3, -0.25) is 14.4 Å². The monoisotopic (exact) mass is 324 g/mol. The van der Waals surface area contributed by atoms with E-state index < -0.39 is 6.10 Å². The average molecular weight is 324 g/mol. The normalized spacial score (nSPS) is 15.7. The van der Waals surface area contributed by atoms with Gasteiger partial charge in [-0.1, -0.05) is 12.1 Å². The van der Waals surface area contributed by atoms with Crippen LogP contribution < -0.4 is 15.4 Å². The number of anilines is 2. The second-order valence-electron chi connectivity index (χ2n) is 5.48. The summed E-state index contributed by atoms with van der Waals surface area (Å²) in [6, 6.07) is 13.6. The number of ketones is 1. The Hall–Kier alpha value is -3.15. The van der Waals surface area contributed by atoms with E-state index in [9.17, 15) is 14.4 Å². The first-order valence-electron chi connectivity index (χ1n) is 7.50. The van der Waals surface area contributed by atoms with Crippen LogP contribution in [0.25, 0.3) is 0 Å². The molecule has 0 saturated carbocycles. The molecule has 6 heteroatoms. The Morgan fingerprint density at radius 3 is 2.54 bits per heavy atom. The summed E-state index contributed by atoms with van der Waals surface area (Å²) in [6.45, 7) is 1.48. The molecule has 0 bridgehead atoms. The molecule has 6 nitrogen and oxygen atoms in total. The van der Waals surface area contributed by atoms with E-state index in [0.29, 0.717) is 22.7 Å². The number of carbonyl (C=O) groups is 3. The van der Waals surface area contributed by atoms with E-state index in [1.54, 1.807) is 48.5 Å². The Bertz CT molecular complexity index is 799. The SMILES string of the molecule is CC(=O)c1ccc(NC(=O)CC2Oc3ccccc3NC2=O)cc1. The van der Waals surface area contributed by atoms with Crippen LogP contribution in [0.1, 0.15) is 23.7 Å². The van der Waals surface area contributed by atoms with E-state index >= 15 is 0 Å². The lowest BCUT2D eigenvalue weighted by Crippen LogP contribution is -2.39. The Morgan fingerprint density at radius 1 is 1.12 bits per heavy atom. The fourth-order valence-corrected chi connectivity index (χ4v) is 2.40. The van der Waals surface area contributed by atoms with Crippen molar-refractivity contribution < 1.29 is 19.1 Å². The molecule has 122 valence electrons. The topological polar surface area (TPSA) is 84.5 Å². The maximum Gasteiger partial charge on any atom is 0.266 e. The second-order valence-corrected chi connectivity index (χ2v) is 5.48. The molecule has 1 heterocycles. The third-order valence-electron chi connectivity index (χ3n) is 3.65. The predicted molar refractivity (Wildman–Crippen MR) is 89.2 cm³/mol. The summed E-state index contributed by atoms with van der Waals surface area (Å²) in [5.41, 5.74) is 1.72. The zero-order valence-electron chi connectivity index (χ0n) is 13.0. The van der Waals surface area contributed by atoms with E-state index in [0.717, 1.165) is 0 Å². The zero-order chi connectivity index (χ0) is 17.1. The number of carbonyl (C=O) groups excluding carboxylic acids is 3. The van der Waals surface area contributed by atoms with E-state index in [2.05, 4.69) is 10.6 Å². The Kier molecular flexibility index (Phi) is 4.29. The van der Waals surface area contributed by atoms with Gasteiger partial charge in [0.25, 0.3) is 5.91 Å². The molecular formula is C18H16N2O4. The standard InChI is InChI=1S/C18H16N2O4/c1-11(21)12-6-8-13(9-7-12)19-17(22)10-16-18(23)20-14-4-2-3-5-15(14)24-16/h2-9,16H,10H2,1H3,(H,19,22)(H,20,23). The van der Waals surface area contributed by atoms with Gasteiger partial charge in [0.15, 0.2) is 11.9 Å². The molecule has 1 aliphatic rings. The van der Waals surface area contributed by atoms with Gasteiger partial charge in [0.2, 0.25) is 5.91 Å². The number of rotatable bonds is 4. The van der Waals surface area contributed by atoms with E-state index in [1.165, 1.54) is 6.92 Å². The van der Waals surface area contributed by atoms with Crippen LogP contribution in [-0.4, -0.2) is 23.7 Å². The van der Waals surface area contributed by atoms with Crippen LogP contribution in [0.4, 0.5) is 11.4 Å². The second kappa shape index (κ2) is 6.54. The fourth-order valence-electron chi connectivity index (χ4n) is 2.40. The van der Waals surface area contributed by atoms with Gasteiger partial charge in [-0.25, -0.2) is 0 Å². The maximum atomic E-state index is 12.1. The Labute approximate surface area is 138 Å². The summed E-state index contributed by atoms with van der Waals surface area (Å²) in [5.74, 6) is -0.194. The highest BCUT2D eigenvalue weighted by atomic mass is 16.5. The first-order chi connectivity index (χ1) is 11.5. The Morgan fingerprint density at radius 2 is 1.83 bits per heavy atom. The van der Waals surface area contributed by atoms with Crippen molar-refractivity contribution in [3.63, 3.8) is 0 Å².